The number of amides is 1. The van der Waals surface area contributed by atoms with Gasteiger partial charge in [0.2, 0.25) is 5.91 Å². The number of rotatable bonds is 5. The third-order valence-electron chi connectivity index (χ3n) is 3.02. The summed E-state index contributed by atoms with van der Waals surface area (Å²) >= 11 is 0. The van der Waals surface area contributed by atoms with Crippen LogP contribution in [0.4, 0.5) is 5.82 Å². The van der Waals surface area contributed by atoms with Crippen LogP contribution in [-0.4, -0.2) is 47.8 Å². The van der Waals surface area contributed by atoms with E-state index < -0.39 is 0 Å². The molecule has 0 bridgehead atoms. The van der Waals surface area contributed by atoms with E-state index in [-0.39, 0.29) is 5.91 Å². The van der Waals surface area contributed by atoms with E-state index in [1.807, 2.05) is 25.8 Å². The molecular formula is C12H23N5O. The van der Waals surface area contributed by atoms with Crippen LogP contribution in [0.1, 0.15) is 18.2 Å². The van der Waals surface area contributed by atoms with E-state index in [0.29, 0.717) is 13.1 Å². The Morgan fingerprint density at radius 3 is 2.50 bits per heavy atom. The maximum Gasteiger partial charge on any atom is 0.241 e. The van der Waals surface area contributed by atoms with Gasteiger partial charge in [-0.2, -0.15) is 5.10 Å². The standard InChI is InChI=1S/C12H23N5O/c1-6-17(8-11(18)15(3)4)12-10(7-13)9(2)14-16(12)5/h6-8,13H2,1-5H3. The van der Waals surface area contributed by atoms with Crippen molar-refractivity contribution in [3.8, 4) is 0 Å². The highest BCUT2D eigenvalue weighted by Gasteiger charge is 2.20. The molecule has 1 rings (SSSR count). The molecule has 0 fully saturated rings. The fourth-order valence-corrected chi connectivity index (χ4v) is 1.97. The summed E-state index contributed by atoms with van der Waals surface area (Å²) in [5, 5.41) is 4.37. The minimum atomic E-state index is 0.0682. The molecular weight excluding hydrogens is 230 g/mol. The number of hydrogen-bond acceptors (Lipinski definition) is 4. The monoisotopic (exact) mass is 253 g/mol. The molecule has 0 unspecified atom stereocenters. The maximum atomic E-state index is 11.8. The Morgan fingerprint density at radius 2 is 2.06 bits per heavy atom. The molecule has 0 aliphatic heterocycles. The Balaban J connectivity index is 3.05. The molecule has 0 radical (unpaired) electrons. The summed E-state index contributed by atoms with van der Waals surface area (Å²) in [6, 6.07) is 0. The maximum absolute atomic E-state index is 11.8. The second-order valence-electron chi connectivity index (χ2n) is 4.52. The summed E-state index contributed by atoms with van der Waals surface area (Å²) in [6.07, 6.45) is 0. The van der Waals surface area contributed by atoms with E-state index in [4.69, 9.17) is 5.73 Å². The van der Waals surface area contributed by atoms with Gasteiger partial charge in [-0.05, 0) is 13.8 Å². The summed E-state index contributed by atoms with van der Waals surface area (Å²) in [6.45, 7) is 5.47. The Labute approximate surface area is 108 Å². The molecule has 0 saturated carbocycles. The molecule has 6 nitrogen and oxygen atoms in total. The number of carbonyl (C=O) groups excluding carboxylic acids is 1. The summed E-state index contributed by atoms with van der Waals surface area (Å²) in [5.74, 6) is 1.01. The Hall–Kier alpha value is -1.56. The minimum Gasteiger partial charge on any atom is -0.348 e. The van der Waals surface area contributed by atoms with Crippen molar-refractivity contribution < 1.29 is 4.79 Å². The first kappa shape index (κ1) is 14.5. The number of hydrogen-bond donors (Lipinski definition) is 1. The average Bonchev–Trinajstić information content (AvgIpc) is 2.60. The van der Waals surface area contributed by atoms with Crippen LogP contribution in [0.15, 0.2) is 0 Å². The zero-order valence-electron chi connectivity index (χ0n) is 11.9. The molecule has 18 heavy (non-hydrogen) atoms. The van der Waals surface area contributed by atoms with Crippen molar-refractivity contribution in [2.75, 3.05) is 32.1 Å². The SMILES string of the molecule is CCN(CC(=O)N(C)C)c1c(CN)c(C)nn1C. The van der Waals surface area contributed by atoms with Crippen molar-refractivity contribution in [3.05, 3.63) is 11.3 Å². The van der Waals surface area contributed by atoms with Crippen LogP contribution >= 0.6 is 0 Å². The molecule has 0 saturated heterocycles. The highest BCUT2D eigenvalue weighted by Crippen LogP contribution is 2.22. The normalized spacial score (nSPS) is 10.6. The fraction of sp³-hybridized carbons (Fsp3) is 0.667. The molecule has 6 heteroatoms. The number of likely N-dealkylation sites (N-methyl/N-ethyl adjacent to an activating group) is 2. The van der Waals surface area contributed by atoms with Crippen LogP contribution < -0.4 is 10.6 Å². The number of aryl methyl sites for hydroxylation is 2. The summed E-state index contributed by atoms with van der Waals surface area (Å²) in [7, 11) is 5.40. The highest BCUT2D eigenvalue weighted by molar-refractivity contribution is 5.81. The van der Waals surface area contributed by atoms with Crippen molar-refractivity contribution in [3.63, 3.8) is 0 Å². The van der Waals surface area contributed by atoms with Crippen molar-refractivity contribution in [2.45, 2.75) is 20.4 Å². The molecule has 102 valence electrons. The van der Waals surface area contributed by atoms with Gasteiger partial charge in [-0.15, -0.1) is 0 Å². The summed E-state index contributed by atoms with van der Waals surface area (Å²) in [5.41, 5.74) is 7.70. The van der Waals surface area contributed by atoms with Crippen LogP contribution in [0.3, 0.4) is 0 Å². The molecule has 0 atom stereocenters. The zero-order valence-corrected chi connectivity index (χ0v) is 11.9. The molecule has 1 aromatic rings. The Morgan fingerprint density at radius 1 is 1.44 bits per heavy atom. The summed E-state index contributed by atoms with van der Waals surface area (Å²) < 4.78 is 1.80. The van der Waals surface area contributed by atoms with Crippen LogP contribution in [0.5, 0.6) is 0 Å². The molecule has 0 aliphatic rings. The van der Waals surface area contributed by atoms with Crippen LogP contribution in [-0.2, 0) is 18.4 Å². The lowest BCUT2D eigenvalue weighted by atomic mass is 10.2. The van der Waals surface area contributed by atoms with Gasteiger partial charge in [0, 0.05) is 39.8 Å². The second-order valence-corrected chi connectivity index (χ2v) is 4.52. The van der Waals surface area contributed by atoms with E-state index in [1.165, 1.54) is 0 Å². The molecule has 0 spiro atoms. The first-order valence-corrected chi connectivity index (χ1v) is 6.10. The average molecular weight is 253 g/mol. The lowest BCUT2D eigenvalue weighted by Gasteiger charge is -2.25. The van der Waals surface area contributed by atoms with Gasteiger partial charge in [-0.25, -0.2) is 0 Å². The lowest BCUT2D eigenvalue weighted by Crippen LogP contribution is -2.38. The first-order chi connectivity index (χ1) is 8.42. The van der Waals surface area contributed by atoms with E-state index in [2.05, 4.69) is 5.10 Å². The largest absolute Gasteiger partial charge is 0.348 e. The quantitative estimate of drug-likeness (QED) is 0.808. The smallest absolute Gasteiger partial charge is 0.241 e. The fourth-order valence-electron chi connectivity index (χ4n) is 1.97. The summed E-state index contributed by atoms with van der Waals surface area (Å²) in [4.78, 5) is 15.4. The topological polar surface area (TPSA) is 67.4 Å². The van der Waals surface area contributed by atoms with Crippen LogP contribution in [0.25, 0.3) is 0 Å². The highest BCUT2D eigenvalue weighted by atomic mass is 16.2. The Kier molecular flexibility index (Phi) is 4.72. The number of nitrogens with two attached hydrogens (primary N) is 1. The van der Waals surface area contributed by atoms with Crippen LogP contribution in [0, 0.1) is 6.92 Å². The van der Waals surface area contributed by atoms with Crippen molar-refractivity contribution in [2.24, 2.45) is 12.8 Å². The first-order valence-electron chi connectivity index (χ1n) is 6.10. The molecule has 1 amide bonds. The predicted octanol–water partition coefficient (Wildman–Crippen LogP) is 0.102. The van der Waals surface area contributed by atoms with Crippen molar-refractivity contribution in [1.82, 2.24) is 14.7 Å². The Bertz CT molecular complexity index is 424. The zero-order chi connectivity index (χ0) is 13.9. The third kappa shape index (κ3) is 2.81. The number of carbonyl (C=O) groups is 1. The number of aromatic nitrogens is 2. The van der Waals surface area contributed by atoms with E-state index in [1.54, 1.807) is 23.7 Å². The molecule has 1 aromatic heterocycles. The van der Waals surface area contributed by atoms with E-state index in [0.717, 1.165) is 23.6 Å². The van der Waals surface area contributed by atoms with Gasteiger partial charge in [0.25, 0.3) is 0 Å². The second kappa shape index (κ2) is 5.86. The van der Waals surface area contributed by atoms with Gasteiger partial charge in [0.05, 0.1) is 12.2 Å². The van der Waals surface area contributed by atoms with Gasteiger partial charge in [0.15, 0.2) is 0 Å². The number of anilines is 1. The third-order valence-corrected chi connectivity index (χ3v) is 3.02. The van der Waals surface area contributed by atoms with Gasteiger partial charge >= 0.3 is 0 Å². The molecule has 0 aromatic carbocycles. The minimum absolute atomic E-state index is 0.0682. The van der Waals surface area contributed by atoms with Gasteiger partial charge < -0.3 is 15.5 Å². The molecule has 2 N–H and O–H groups in total. The van der Waals surface area contributed by atoms with E-state index in [9.17, 15) is 4.79 Å². The van der Waals surface area contributed by atoms with Crippen molar-refractivity contribution in [1.29, 1.82) is 0 Å². The van der Waals surface area contributed by atoms with Crippen molar-refractivity contribution >= 4 is 11.7 Å². The van der Waals surface area contributed by atoms with Crippen LogP contribution in [0.2, 0.25) is 0 Å². The molecule has 0 aliphatic carbocycles. The van der Waals surface area contributed by atoms with Gasteiger partial charge in [-0.3, -0.25) is 9.48 Å². The molecule has 1 heterocycles. The van der Waals surface area contributed by atoms with E-state index >= 15 is 0 Å². The number of nitrogens with zero attached hydrogens (tertiary/aromatic N) is 4. The lowest BCUT2D eigenvalue weighted by molar-refractivity contribution is -0.127. The predicted molar refractivity (Wildman–Crippen MR) is 72.4 cm³/mol. The van der Waals surface area contributed by atoms with Gasteiger partial charge in [0.1, 0.15) is 5.82 Å². The van der Waals surface area contributed by atoms with Gasteiger partial charge in [-0.1, -0.05) is 0 Å².